The second-order valence-corrected chi connectivity index (χ2v) is 7.54. The highest BCUT2D eigenvalue weighted by atomic mass is 32.2. The van der Waals surface area contributed by atoms with E-state index < -0.39 is 0 Å². The monoisotopic (exact) mass is 383 g/mol. The van der Waals surface area contributed by atoms with Crippen molar-refractivity contribution < 1.29 is 4.79 Å². The lowest BCUT2D eigenvalue weighted by Gasteiger charge is -2.23. The first kappa shape index (κ1) is 19.4. The molecule has 0 aliphatic rings. The molecule has 1 aromatic carbocycles. The normalized spacial score (nSPS) is 14.6. The maximum atomic E-state index is 12.9. The number of carbonyl (C=O) groups excluding carboxylic acids is 1. The van der Waals surface area contributed by atoms with Crippen LogP contribution in [0.2, 0.25) is 0 Å². The average molecular weight is 384 g/mol. The molecule has 142 valence electrons. The van der Waals surface area contributed by atoms with Gasteiger partial charge in [0.25, 0.3) is 0 Å². The van der Waals surface area contributed by atoms with Gasteiger partial charge in [-0.2, -0.15) is 11.8 Å². The maximum absolute atomic E-state index is 12.9. The van der Waals surface area contributed by atoms with E-state index >= 15 is 0 Å². The van der Waals surface area contributed by atoms with Crippen LogP contribution in [0.25, 0.3) is 5.65 Å². The zero-order valence-electron chi connectivity index (χ0n) is 15.6. The zero-order chi connectivity index (χ0) is 19.2. The van der Waals surface area contributed by atoms with Crippen molar-refractivity contribution in [3.8, 4) is 0 Å². The number of nitrogens with one attached hydrogen (secondary N) is 1. The van der Waals surface area contributed by atoms with Gasteiger partial charge in [-0.3, -0.25) is 9.20 Å². The lowest BCUT2D eigenvalue weighted by molar-refractivity contribution is -0.126. The molecule has 3 atom stereocenters. The molecule has 3 rings (SSSR count). The Hall–Kier alpha value is -2.38. The standard InChI is InChI=1S/C20H25N5OS/c1-14(18(21)15-8-4-3-5-9-15)20(26)22-16(11-13-27-2)19-24-23-17-10-6-7-12-25(17)19/h3-10,12,14,16,18H,11,13,21H2,1-2H3,(H,22,26). The molecule has 2 aromatic heterocycles. The van der Waals surface area contributed by atoms with Crippen LogP contribution in [0.5, 0.6) is 0 Å². The van der Waals surface area contributed by atoms with Crippen LogP contribution in [-0.4, -0.2) is 32.5 Å². The van der Waals surface area contributed by atoms with Gasteiger partial charge >= 0.3 is 0 Å². The number of hydrogen-bond donors (Lipinski definition) is 2. The van der Waals surface area contributed by atoms with Crippen molar-refractivity contribution in [1.82, 2.24) is 19.9 Å². The highest BCUT2D eigenvalue weighted by Gasteiger charge is 2.26. The Morgan fingerprint density at radius 3 is 2.67 bits per heavy atom. The topological polar surface area (TPSA) is 85.3 Å². The number of fused-ring (bicyclic) bond motifs is 1. The molecular formula is C20H25N5OS. The third-order valence-corrected chi connectivity index (χ3v) is 5.36. The molecule has 3 aromatic rings. The number of rotatable bonds is 8. The van der Waals surface area contributed by atoms with Crippen molar-refractivity contribution in [2.45, 2.75) is 25.4 Å². The molecule has 0 fully saturated rings. The summed E-state index contributed by atoms with van der Waals surface area (Å²) in [6.07, 6.45) is 4.74. The van der Waals surface area contributed by atoms with Crippen molar-refractivity contribution in [2.24, 2.45) is 11.7 Å². The first-order chi connectivity index (χ1) is 13.1. The number of nitrogens with zero attached hydrogens (tertiary/aromatic N) is 3. The first-order valence-electron chi connectivity index (χ1n) is 9.01. The number of benzene rings is 1. The summed E-state index contributed by atoms with van der Waals surface area (Å²) in [5.41, 5.74) is 8.05. The third kappa shape index (κ3) is 4.48. The summed E-state index contributed by atoms with van der Waals surface area (Å²) < 4.78 is 1.92. The fourth-order valence-electron chi connectivity index (χ4n) is 3.03. The van der Waals surface area contributed by atoms with Gasteiger partial charge in [0.2, 0.25) is 5.91 Å². The number of amides is 1. The van der Waals surface area contributed by atoms with Crippen molar-refractivity contribution in [2.75, 3.05) is 12.0 Å². The number of nitrogens with two attached hydrogens (primary N) is 1. The van der Waals surface area contributed by atoms with E-state index in [1.54, 1.807) is 11.8 Å². The van der Waals surface area contributed by atoms with E-state index in [1.165, 1.54) is 0 Å². The Morgan fingerprint density at radius 1 is 1.19 bits per heavy atom. The lowest BCUT2D eigenvalue weighted by Crippen LogP contribution is -2.38. The molecular weight excluding hydrogens is 358 g/mol. The van der Waals surface area contributed by atoms with Crippen LogP contribution >= 0.6 is 11.8 Å². The molecule has 0 bridgehead atoms. The summed E-state index contributed by atoms with van der Waals surface area (Å²) in [5.74, 6) is 1.22. The minimum Gasteiger partial charge on any atom is -0.346 e. The Bertz CT molecular complexity index is 882. The van der Waals surface area contributed by atoms with Gasteiger partial charge in [-0.25, -0.2) is 0 Å². The molecule has 0 aliphatic heterocycles. The van der Waals surface area contributed by atoms with Crippen LogP contribution in [0.4, 0.5) is 0 Å². The van der Waals surface area contributed by atoms with Crippen molar-refractivity contribution in [3.63, 3.8) is 0 Å². The number of carbonyl (C=O) groups is 1. The smallest absolute Gasteiger partial charge is 0.225 e. The summed E-state index contributed by atoms with van der Waals surface area (Å²) in [6.45, 7) is 1.86. The lowest BCUT2D eigenvalue weighted by atomic mass is 9.94. The summed E-state index contributed by atoms with van der Waals surface area (Å²) >= 11 is 1.74. The van der Waals surface area contributed by atoms with Gasteiger partial charge < -0.3 is 11.1 Å². The molecule has 0 saturated heterocycles. The SMILES string of the molecule is CSCCC(NC(=O)C(C)C(N)c1ccccc1)c1nnc2ccccn12. The summed E-state index contributed by atoms with van der Waals surface area (Å²) in [6, 6.07) is 14.9. The van der Waals surface area contributed by atoms with Crippen LogP contribution in [0, 0.1) is 5.92 Å². The van der Waals surface area contributed by atoms with Gasteiger partial charge in [0, 0.05) is 12.2 Å². The third-order valence-electron chi connectivity index (χ3n) is 4.72. The van der Waals surface area contributed by atoms with E-state index in [0.29, 0.717) is 0 Å². The molecule has 3 unspecified atom stereocenters. The number of hydrogen-bond acceptors (Lipinski definition) is 5. The van der Waals surface area contributed by atoms with E-state index in [-0.39, 0.29) is 23.9 Å². The summed E-state index contributed by atoms with van der Waals surface area (Å²) in [5, 5.41) is 11.7. The largest absolute Gasteiger partial charge is 0.346 e. The predicted molar refractivity (Wildman–Crippen MR) is 109 cm³/mol. The molecule has 7 heteroatoms. The molecule has 0 radical (unpaired) electrons. The first-order valence-corrected chi connectivity index (χ1v) is 10.4. The molecule has 0 aliphatic carbocycles. The van der Waals surface area contributed by atoms with Crippen LogP contribution in [0.15, 0.2) is 54.7 Å². The van der Waals surface area contributed by atoms with Crippen LogP contribution < -0.4 is 11.1 Å². The van der Waals surface area contributed by atoms with Crippen molar-refractivity contribution in [1.29, 1.82) is 0 Å². The van der Waals surface area contributed by atoms with Crippen molar-refractivity contribution >= 4 is 23.3 Å². The minimum absolute atomic E-state index is 0.0786. The van der Waals surface area contributed by atoms with Crippen LogP contribution in [-0.2, 0) is 4.79 Å². The van der Waals surface area contributed by atoms with Gasteiger partial charge in [-0.1, -0.05) is 43.3 Å². The van der Waals surface area contributed by atoms with E-state index in [1.807, 2.05) is 66.1 Å². The minimum atomic E-state index is -0.359. The number of thioether (sulfide) groups is 1. The Balaban J connectivity index is 1.78. The molecule has 6 nitrogen and oxygen atoms in total. The average Bonchev–Trinajstić information content (AvgIpc) is 3.14. The highest BCUT2D eigenvalue weighted by Crippen LogP contribution is 2.23. The molecule has 27 heavy (non-hydrogen) atoms. The maximum Gasteiger partial charge on any atom is 0.225 e. The van der Waals surface area contributed by atoms with Gasteiger partial charge in [0.1, 0.15) is 0 Å². The second kappa shape index (κ2) is 9.01. The van der Waals surface area contributed by atoms with E-state index in [4.69, 9.17) is 5.73 Å². The van der Waals surface area contributed by atoms with Gasteiger partial charge in [0.05, 0.1) is 12.0 Å². The Labute approximate surface area is 163 Å². The summed E-state index contributed by atoms with van der Waals surface area (Å²) in [4.78, 5) is 12.9. The van der Waals surface area contributed by atoms with Crippen LogP contribution in [0.1, 0.15) is 36.8 Å². The highest BCUT2D eigenvalue weighted by molar-refractivity contribution is 7.98. The van der Waals surface area contributed by atoms with E-state index in [9.17, 15) is 4.79 Å². The van der Waals surface area contributed by atoms with Gasteiger partial charge in [-0.05, 0) is 36.1 Å². The fourth-order valence-corrected chi connectivity index (χ4v) is 3.50. The second-order valence-electron chi connectivity index (χ2n) is 6.55. The number of pyridine rings is 1. The van der Waals surface area contributed by atoms with Gasteiger partial charge in [-0.15, -0.1) is 10.2 Å². The van der Waals surface area contributed by atoms with Crippen molar-refractivity contribution in [3.05, 3.63) is 66.1 Å². The predicted octanol–water partition coefficient (Wildman–Crippen LogP) is 2.98. The van der Waals surface area contributed by atoms with Crippen LogP contribution in [0.3, 0.4) is 0 Å². The molecule has 1 amide bonds. The van der Waals surface area contributed by atoms with E-state index in [0.717, 1.165) is 29.2 Å². The van der Waals surface area contributed by atoms with E-state index in [2.05, 4.69) is 21.8 Å². The summed E-state index contributed by atoms with van der Waals surface area (Å²) in [7, 11) is 0. The number of aromatic nitrogens is 3. The Morgan fingerprint density at radius 2 is 1.93 bits per heavy atom. The zero-order valence-corrected chi connectivity index (χ0v) is 16.4. The molecule has 0 saturated carbocycles. The molecule has 0 spiro atoms. The fraction of sp³-hybridized carbons (Fsp3) is 0.350. The molecule has 2 heterocycles. The molecule has 3 N–H and O–H groups in total. The quantitative estimate of drug-likeness (QED) is 0.625. The Kier molecular flexibility index (Phi) is 6.47. The van der Waals surface area contributed by atoms with Gasteiger partial charge in [0.15, 0.2) is 11.5 Å².